The fourth-order valence-electron chi connectivity index (χ4n) is 4.25. The van der Waals surface area contributed by atoms with Crippen molar-refractivity contribution >= 4 is 5.69 Å². The highest BCUT2D eigenvalue weighted by Crippen LogP contribution is 2.48. The lowest BCUT2D eigenvalue weighted by Crippen LogP contribution is -2.29. The van der Waals surface area contributed by atoms with Crippen molar-refractivity contribution in [3.63, 3.8) is 0 Å². The molecule has 0 spiro atoms. The fourth-order valence-corrected chi connectivity index (χ4v) is 4.25. The molecule has 2 aliphatic rings. The van der Waals surface area contributed by atoms with Crippen LogP contribution in [0.2, 0.25) is 0 Å². The summed E-state index contributed by atoms with van der Waals surface area (Å²) in [5, 5.41) is 3.21. The number of hydrogen-bond acceptors (Lipinski definition) is 1. The van der Waals surface area contributed by atoms with Gasteiger partial charge in [0.2, 0.25) is 0 Å². The van der Waals surface area contributed by atoms with E-state index in [0.29, 0.717) is 0 Å². The molecule has 2 fully saturated rings. The molecular weight excluding hydrogens is 218 g/mol. The van der Waals surface area contributed by atoms with Gasteiger partial charge in [-0.05, 0) is 48.3 Å². The molecule has 0 radical (unpaired) electrons. The molecular formula is C17H25N. The fraction of sp³-hybridized carbons (Fsp3) is 0.647. The van der Waals surface area contributed by atoms with Gasteiger partial charge in [-0.25, -0.2) is 0 Å². The molecule has 0 amide bonds. The molecule has 1 nitrogen and oxygen atoms in total. The van der Waals surface area contributed by atoms with Crippen LogP contribution in [0.3, 0.4) is 0 Å². The predicted molar refractivity (Wildman–Crippen MR) is 78.0 cm³/mol. The van der Waals surface area contributed by atoms with Crippen molar-refractivity contribution in [2.24, 2.45) is 11.8 Å². The van der Waals surface area contributed by atoms with Gasteiger partial charge in [0.05, 0.1) is 0 Å². The van der Waals surface area contributed by atoms with Crippen molar-refractivity contribution < 1.29 is 0 Å². The van der Waals surface area contributed by atoms with E-state index < -0.39 is 0 Å². The van der Waals surface area contributed by atoms with Gasteiger partial charge < -0.3 is 5.32 Å². The Bertz CT molecular complexity index is 379. The Morgan fingerprint density at radius 2 is 1.61 bits per heavy atom. The van der Waals surface area contributed by atoms with Crippen LogP contribution < -0.4 is 5.32 Å². The zero-order chi connectivity index (χ0) is 12.4. The molecule has 3 rings (SSSR count). The van der Waals surface area contributed by atoms with Gasteiger partial charge in [-0.1, -0.05) is 44.2 Å². The molecule has 0 aliphatic heterocycles. The number of fused-ring (bicyclic) bond motifs is 1. The molecule has 1 heteroatoms. The first kappa shape index (κ1) is 12.1. The van der Waals surface area contributed by atoms with Crippen LogP contribution in [0.25, 0.3) is 0 Å². The van der Waals surface area contributed by atoms with Crippen LogP contribution in [0.15, 0.2) is 24.3 Å². The molecule has 2 saturated carbocycles. The summed E-state index contributed by atoms with van der Waals surface area (Å²) in [7, 11) is 1.99. The summed E-state index contributed by atoms with van der Waals surface area (Å²) < 4.78 is 0. The Balaban J connectivity index is 1.80. The first-order valence-electron chi connectivity index (χ1n) is 7.66. The van der Waals surface area contributed by atoms with E-state index in [-0.39, 0.29) is 0 Å². The topological polar surface area (TPSA) is 12.0 Å². The number of anilines is 1. The largest absolute Gasteiger partial charge is 0.388 e. The monoisotopic (exact) mass is 243 g/mol. The molecule has 3 atom stereocenters. The average molecular weight is 243 g/mol. The van der Waals surface area contributed by atoms with Crippen LogP contribution in [0.1, 0.15) is 56.4 Å². The highest BCUT2D eigenvalue weighted by atomic mass is 14.8. The van der Waals surface area contributed by atoms with Crippen molar-refractivity contribution in [2.45, 2.75) is 50.9 Å². The van der Waals surface area contributed by atoms with Crippen molar-refractivity contribution in [3.8, 4) is 0 Å². The van der Waals surface area contributed by atoms with Gasteiger partial charge in [0.15, 0.2) is 0 Å². The molecule has 0 heterocycles. The normalized spacial score (nSPS) is 31.7. The molecule has 0 saturated heterocycles. The third kappa shape index (κ3) is 2.28. The average Bonchev–Trinajstić information content (AvgIpc) is 2.47. The molecule has 1 N–H and O–H groups in total. The minimum Gasteiger partial charge on any atom is -0.388 e. The van der Waals surface area contributed by atoms with Gasteiger partial charge >= 0.3 is 0 Å². The van der Waals surface area contributed by atoms with Crippen LogP contribution >= 0.6 is 0 Å². The smallest absolute Gasteiger partial charge is 0.0337 e. The van der Waals surface area contributed by atoms with Crippen molar-refractivity contribution in [1.82, 2.24) is 0 Å². The Kier molecular flexibility index (Phi) is 3.58. The van der Waals surface area contributed by atoms with Crippen LogP contribution in [-0.4, -0.2) is 7.05 Å². The third-order valence-corrected chi connectivity index (χ3v) is 5.20. The van der Waals surface area contributed by atoms with E-state index in [4.69, 9.17) is 0 Å². The van der Waals surface area contributed by atoms with Gasteiger partial charge in [-0.2, -0.15) is 0 Å². The second-order valence-corrected chi connectivity index (χ2v) is 6.12. The van der Waals surface area contributed by atoms with Crippen molar-refractivity contribution in [3.05, 3.63) is 29.8 Å². The Labute approximate surface area is 111 Å². The highest BCUT2D eigenvalue weighted by molar-refractivity contribution is 5.44. The molecule has 1 aromatic carbocycles. The molecule has 3 unspecified atom stereocenters. The summed E-state index contributed by atoms with van der Waals surface area (Å²) in [6, 6.07) is 9.19. The maximum absolute atomic E-state index is 3.21. The summed E-state index contributed by atoms with van der Waals surface area (Å²) in [4.78, 5) is 0. The summed E-state index contributed by atoms with van der Waals surface area (Å²) in [6.07, 6.45) is 10.3. The lowest BCUT2D eigenvalue weighted by Gasteiger charge is -2.41. The third-order valence-electron chi connectivity index (χ3n) is 5.20. The van der Waals surface area contributed by atoms with Crippen LogP contribution in [0.5, 0.6) is 0 Å². The number of hydrogen-bond donors (Lipinski definition) is 1. The second kappa shape index (κ2) is 5.34. The lowest BCUT2D eigenvalue weighted by molar-refractivity contribution is 0.144. The highest BCUT2D eigenvalue weighted by Gasteiger charge is 2.35. The number of benzene rings is 1. The van der Waals surface area contributed by atoms with Gasteiger partial charge in [-0.15, -0.1) is 0 Å². The quantitative estimate of drug-likeness (QED) is 0.786. The Hall–Kier alpha value is -0.980. The van der Waals surface area contributed by atoms with E-state index in [1.54, 1.807) is 5.56 Å². The molecule has 18 heavy (non-hydrogen) atoms. The summed E-state index contributed by atoms with van der Waals surface area (Å²) in [6.45, 7) is 0. The van der Waals surface area contributed by atoms with Crippen LogP contribution in [0.4, 0.5) is 5.69 Å². The second-order valence-electron chi connectivity index (χ2n) is 6.12. The van der Waals surface area contributed by atoms with E-state index in [1.165, 1.54) is 50.6 Å². The summed E-state index contributed by atoms with van der Waals surface area (Å²) >= 11 is 0. The maximum Gasteiger partial charge on any atom is 0.0337 e. The molecule has 2 aliphatic carbocycles. The number of rotatable bonds is 2. The molecule has 1 aromatic rings. The van der Waals surface area contributed by atoms with Crippen molar-refractivity contribution in [2.75, 3.05) is 12.4 Å². The summed E-state index contributed by atoms with van der Waals surface area (Å²) in [5.74, 6) is 2.85. The first-order chi connectivity index (χ1) is 8.88. The Morgan fingerprint density at radius 3 is 2.39 bits per heavy atom. The van der Waals surface area contributed by atoms with E-state index >= 15 is 0 Å². The first-order valence-corrected chi connectivity index (χ1v) is 7.66. The maximum atomic E-state index is 3.21. The molecule has 98 valence electrons. The molecule has 0 aromatic heterocycles. The van der Waals surface area contributed by atoms with Crippen LogP contribution in [-0.2, 0) is 0 Å². The summed E-state index contributed by atoms with van der Waals surface area (Å²) in [5.41, 5.74) is 2.82. The predicted octanol–water partition coefficient (Wildman–Crippen LogP) is 4.80. The Morgan fingerprint density at radius 1 is 0.889 bits per heavy atom. The van der Waals surface area contributed by atoms with Crippen LogP contribution in [0, 0.1) is 11.8 Å². The molecule has 0 bridgehead atoms. The van der Waals surface area contributed by atoms with Gasteiger partial charge in [0.25, 0.3) is 0 Å². The zero-order valence-electron chi connectivity index (χ0n) is 11.5. The zero-order valence-corrected chi connectivity index (χ0v) is 11.5. The minimum absolute atomic E-state index is 0.843. The van der Waals surface area contributed by atoms with Crippen molar-refractivity contribution in [1.29, 1.82) is 0 Å². The van der Waals surface area contributed by atoms with E-state index in [0.717, 1.165) is 17.8 Å². The SMILES string of the molecule is CNc1ccc(C2CCCC3CCCCC32)cc1. The van der Waals surface area contributed by atoms with Gasteiger partial charge in [0, 0.05) is 12.7 Å². The van der Waals surface area contributed by atoms with E-state index in [9.17, 15) is 0 Å². The standard InChI is InChI=1S/C17H25N/c1-18-15-11-9-14(10-12-15)17-8-4-6-13-5-2-3-7-16(13)17/h9-13,16-18H,2-8H2,1H3. The van der Waals surface area contributed by atoms with E-state index in [1.807, 2.05) is 7.05 Å². The minimum atomic E-state index is 0.843. The van der Waals surface area contributed by atoms with Gasteiger partial charge in [0.1, 0.15) is 0 Å². The lowest BCUT2D eigenvalue weighted by atomic mass is 9.64. The van der Waals surface area contributed by atoms with E-state index in [2.05, 4.69) is 29.6 Å². The number of nitrogens with one attached hydrogen (secondary N) is 1. The van der Waals surface area contributed by atoms with Gasteiger partial charge in [-0.3, -0.25) is 0 Å².